The zero-order chi connectivity index (χ0) is 19.8. The number of nitrogens with zero attached hydrogens (tertiary/aromatic N) is 2. The van der Waals surface area contributed by atoms with E-state index in [0.29, 0.717) is 32.5 Å². The third-order valence-electron chi connectivity index (χ3n) is 5.66. The van der Waals surface area contributed by atoms with Crippen LogP contribution in [0.25, 0.3) is 0 Å². The first-order valence-corrected chi connectivity index (χ1v) is 9.63. The van der Waals surface area contributed by atoms with Crippen LogP contribution in [0.2, 0.25) is 0 Å². The van der Waals surface area contributed by atoms with Crippen molar-refractivity contribution < 1.29 is 19.1 Å². The van der Waals surface area contributed by atoms with Gasteiger partial charge in [0.25, 0.3) is 0 Å². The Morgan fingerprint density at radius 3 is 2.52 bits per heavy atom. The Morgan fingerprint density at radius 2 is 1.89 bits per heavy atom. The molecule has 0 aliphatic carbocycles. The Morgan fingerprint density at radius 1 is 1.22 bits per heavy atom. The lowest BCUT2D eigenvalue weighted by Crippen LogP contribution is -2.47. The van der Waals surface area contributed by atoms with E-state index in [1.807, 2.05) is 39.0 Å². The number of fused-ring (bicyclic) bond motifs is 1. The van der Waals surface area contributed by atoms with E-state index in [-0.39, 0.29) is 30.2 Å². The first-order chi connectivity index (χ1) is 12.8. The van der Waals surface area contributed by atoms with Crippen molar-refractivity contribution in [3.05, 3.63) is 29.3 Å². The molecule has 0 N–H and O–H groups in total. The molecule has 1 aromatic carbocycles. The molecular formula is C21H28N2O4. The van der Waals surface area contributed by atoms with E-state index < -0.39 is 5.41 Å². The van der Waals surface area contributed by atoms with Crippen molar-refractivity contribution in [3.63, 3.8) is 0 Å². The van der Waals surface area contributed by atoms with Gasteiger partial charge in [0.05, 0.1) is 17.9 Å². The second kappa shape index (κ2) is 7.33. The van der Waals surface area contributed by atoms with Gasteiger partial charge in [-0.3, -0.25) is 14.4 Å². The maximum atomic E-state index is 12.9. The fourth-order valence-corrected chi connectivity index (χ4v) is 3.96. The molecule has 2 aliphatic heterocycles. The minimum Gasteiger partial charge on any atom is -0.466 e. The normalized spacial score (nSPS) is 19.2. The molecule has 2 aliphatic rings. The number of aryl methyl sites for hydroxylation is 1. The van der Waals surface area contributed by atoms with Crippen molar-refractivity contribution in [2.45, 2.75) is 46.0 Å². The molecule has 0 saturated carbocycles. The van der Waals surface area contributed by atoms with Crippen LogP contribution in [0.4, 0.5) is 5.69 Å². The number of hydrogen-bond donors (Lipinski definition) is 0. The molecule has 1 fully saturated rings. The molecule has 27 heavy (non-hydrogen) atoms. The Bertz CT molecular complexity index is 763. The van der Waals surface area contributed by atoms with Crippen molar-refractivity contribution in [2.24, 2.45) is 5.92 Å². The Kier molecular flexibility index (Phi) is 5.27. The van der Waals surface area contributed by atoms with Crippen LogP contribution in [0.15, 0.2) is 18.2 Å². The van der Waals surface area contributed by atoms with Gasteiger partial charge in [0.1, 0.15) is 6.54 Å². The third-order valence-corrected chi connectivity index (χ3v) is 5.66. The van der Waals surface area contributed by atoms with Crippen LogP contribution in [0, 0.1) is 12.8 Å². The van der Waals surface area contributed by atoms with Gasteiger partial charge in [-0.05, 0) is 52.2 Å². The molecule has 1 saturated heterocycles. The number of esters is 1. The second-order valence-electron chi connectivity index (χ2n) is 7.94. The van der Waals surface area contributed by atoms with Crippen molar-refractivity contribution in [3.8, 4) is 0 Å². The zero-order valence-corrected chi connectivity index (χ0v) is 16.6. The number of likely N-dealkylation sites (tertiary alicyclic amines) is 1. The van der Waals surface area contributed by atoms with E-state index in [0.717, 1.165) is 16.8 Å². The van der Waals surface area contributed by atoms with Gasteiger partial charge in [-0.2, -0.15) is 0 Å². The Balaban J connectivity index is 1.67. The monoisotopic (exact) mass is 372 g/mol. The Labute approximate surface area is 160 Å². The molecule has 3 rings (SSSR count). The van der Waals surface area contributed by atoms with Gasteiger partial charge in [-0.15, -0.1) is 0 Å². The average Bonchev–Trinajstić information content (AvgIpc) is 2.82. The van der Waals surface area contributed by atoms with E-state index in [1.165, 1.54) is 0 Å². The predicted octanol–water partition coefficient (Wildman–Crippen LogP) is 2.42. The molecule has 2 amide bonds. The molecule has 2 heterocycles. The largest absolute Gasteiger partial charge is 0.466 e. The van der Waals surface area contributed by atoms with Crippen LogP contribution in [-0.2, 0) is 24.5 Å². The van der Waals surface area contributed by atoms with Crippen LogP contribution < -0.4 is 4.90 Å². The highest BCUT2D eigenvalue weighted by Gasteiger charge is 2.44. The summed E-state index contributed by atoms with van der Waals surface area (Å²) in [6, 6.07) is 5.93. The SMILES string of the molecule is CCOC(=O)C1CCN(C(=O)CN2C(=O)C(C)(C)c3cc(C)ccc32)CC1. The summed E-state index contributed by atoms with van der Waals surface area (Å²) in [5, 5.41) is 0. The quantitative estimate of drug-likeness (QED) is 0.762. The first-order valence-electron chi connectivity index (χ1n) is 9.63. The molecule has 0 spiro atoms. The Hall–Kier alpha value is -2.37. The van der Waals surface area contributed by atoms with Gasteiger partial charge < -0.3 is 14.5 Å². The minimum atomic E-state index is -0.626. The highest BCUT2D eigenvalue weighted by molar-refractivity contribution is 6.10. The molecule has 0 aromatic heterocycles. The second-order valence-corrected chi connectivity index (χ2v) is 7.94. The van der Waals surface area contributed by atoms with Crippen LogP contribution in [0.1, 0.15) is 44.7 Å². The maximum absolute atomic E-state index is 12.9. The topological polar surface area (TPSA) is 66.9 Å². The zero-order valence-electron chi connectivity index (χ0n) is 16.6. The summed E-state index contributed by atoms with van der Waals surface area (Å²) in [6.07, 6.45) is 1.22. The van der Waals surface area contributed by atoms with Gasteiger partial charge in [0.15, 0.2) is 0 Å². The fraction of sp³-hybridized carbons (Fsp3) is 0.571. The first kappa shape index (κ1) is 19.4. The van der Waals surface area contributed by atoms with Gasteiger partial charge in [-0.1, -0.05) is 17.7 Å². The molecule has 6 heteroatoms. The highest BCUT2D eigenvalue weighted by Crippen LogP contribution is 2.41. The molecule has 0 atom stereocenters. The molecule has 6 nitrogen and oxygen atoms in total. The van der Waals surface area contributed by atoms with Gasteiger partial charge in [0, 0.05) is 18.8 Å². The summed E-state index contributed by atoms with van der Waals surface area (Å²) in [6.45, 7) is 9.08. The molecular weight excluding hydrogens is 344 g/mol. The summed E-state index contributed by atoms with van der Waals surface area (Å²) in [5.74, 6) is -0.428. The van der Waals surface area contributed by atoms with Crippen LogP contribution in [-0.4, -0.2) is 48.9 Å². The van der Waals surface area contributed by atoms with Crippen LogP contribution in [0.5, 0.6) is 0 Å². The lowest BCUT2D eigenvalue weighted by molar-refractivity contribution is -0.151. The number of rotatable bonds is 4. The van der Waals surface area contributed by atoms with Crippen LogP contribution >= 0.6 is 0 Å². The van der Waals surface area contributed by atoms with E-state index in [2.05, 4.69) is 0 Å². The number of anilines is 1. The van der Waals surface area contributed by atoms with Crippen molar-refractivity contribution in [1.29, 1.82) is 0 Å². The van der Waals surface area contributed by atoms with Crippen molar-refractivity contribution >= 4 is 23.5 Å². The third kappa shape index (κ3) is 3.57. The highest BCUT2D eigenvalue weighted by atomic mass is 16.5. The lowest BCUT2D eigenvalue weighted by atomic mass is 9.85. The summed E-state index contributed by atoms with van der Waals surface area (Å²) < 4.78 is 5.08. The summed E-state index contributed by atoms with van der Waals surface area (Å²) >= 11 is 0. The van der Waals surface area contributed by atoms with Crippen LogP contribution in [0.3, 0.4) is 0 Å². The number of carbonyl (C=O) groups excluding carboxylic acids is 3. The average molecular weight is 372 g/mol. The predicted molar refractivity (Wildman–Crippen MR) is 102 cm³/mol. The molecule has 0 radical (unpaired) electrons. The number of ether oxygens (including phenoxy) is 1. The summed E-state index contributed by atoms with van der Waals surface area (Å²) in [7, 11) is 0. The number of piperidine rings is 1. The fourth-order valence-electron chi connectivity index (χ4n) is 3.96. The molecule has 1 aromatic rings. The number of amides is 2. The standard InChI is InChI=1S/C21H28N2O4/c1-5-27-19(25)15-8-10-22(11-9-15)18(24)13-23-17-7-6-14(2)12-16(17)21(3,4)20(23)26/h6-7,12,15H,5,8-11,13H2,1-4H3. The number of benzene rings is 1. The molecule has 0 bridgehead atoms. The lowest BCUT2D eigenvalue weighted by Gasteiger charge is -2.32. The van der Waals surface area contributed by atoms with Crippen molar-refractivity contribution in [1.82, 2.24) is 4.90 Å². The van der Waals surface area contributed by atoms with Gasteiger partial charge >= 0.3 is 5.97 Å². The van der Waals surface area contributed by atoms with E-state index in [4.69, 9.17) is 4.74 Å². The minimum absolute atomic E-state index is 0.0436. The van der Waals surface area contributed by atoms with E-state index in [1.54, 1.807) is 16.7 Å². The molecule has 0 unspecified atom stereocenters. The van der Waals surface area contributed by atoms with Gasteiger partial charge in [-0.25, -0.2) is 0 Å². The smallest absolute Gasteiger partial charge is 0.309 e. The van der Waals surface area contributed by atoms with E-state index >= 15 is 0 Å². The summed E-state index contributed by atoms with van der Waals surface area (Å²) in [5.41, 5.74) is 2.27. The summed E-state index contributed by atoms with van der Waals surface area (Å²) in [4.78, 5) is 40.9. The molecule has 146 valence electrons. The number of carbonyl (C=O) groups is 3. The van der Waals surface area contributed by atoms with Crippen molar-refractivity contribution in [2.75, 3.05) is 31.1 Å². The van der Waals surface area contributed by atoms with Gasteiger partial charge in [0.2, 0.25) is 11.8 Å². The van der Waals surface area contributed by atoms with E-state index in [9.17, 15) is 14.4 Å². The maximum Gasteiger partial charge on any atom is 0.309 e. The number of hydrogen-bond acceptors (Lipinski definition) is 4.